The molecular formula is C11H14BrN3O3. The molecule has 3 N–H and O–H groups in total. The molecule has 1 aromatic rings. The second kappa shape index (κ2) is 5.34. The van der Waals surface area contributed by atoms with Gasteiger partial charge in [-0.1, -0.05) is 15.9 Å². The zero-order valence-electron chi connectivity index (χ0n) is 10.1. The molecule has 0 bridgehead atoms. The quantitative estimate of drug-likeness (QED) is 0.643. The monoisotopic (exact) mass is 315 g/mol. The Labute approximate surface area is 113 Å². The van der Waals surface area contributed by atoms with Gasteiger partial charge in [0.25, 0.3) is 5.69 Å². The van der Waals surface area contributed by atoms with Crippen LogP contribution in [0.25, 0.3) is 0 Å². The fraction of sp³-hybridized carbons (Fsp3) is 0.364. The van der Waals surface area contributed by atoms with Gasteiger partial charge in [0.1, 0.15) is 5.69 Å². The molecule has 1 rings (SSSR count). The van der Waals surface area contributed by atoms with E-state index in [4.69, 9.17) is 5.73 Å². The summed E-state index contributed by atoms with van der Waals surface area (Å²) in [6.45, 7) is 3.57. The van der Waals surface area contributed by atoms with Gasteiger partial charge < -0.3 is 11.1 Å². The van der Waals surface area contributed by atoms with Crippen LogP contribution in [0.4, 0.5) is 11.4 Å². The maximum absolute atomic E-state index is 11.2. The van der Waals surface area contributed by atoms with E-state index >= 15 is 0 Å². The van der Waals surface area contributed by atoms with Crippen molar-refractivity contribution in [2.45, 2.75) is 13.8 Å². The normalized spacial score (nSPS) is 11.1. The molecule has 0 heterocycles. The van der Waals surface area contributed by atoms with Crippen LogP contribution in [0.1, 0.15) is 13.8 Å². The van der Waals surface area contributed by atoms with E-state index in [2.05, 4.69) is 21.2 Å². The highest BCUT2D eigenvalue weighted by Gasteiger charge is 2.25. The first-order valence-corrected chi connectivity index (χ1v) is 6.01. The van der Waals surface area contributed by atoms with Crippen LogP contribution in [0.2, 0.25) is 0 Å². The number of rotatable bonds is 5. The molecule has 0 aromatic heterocycles. The number of anilines is 1. The van der Waals surface area contributed by atoms with Crippen molar-refractivity contribution >= 4 is 33.2 Å². The Morgan fingerprint density at radius 3 is 2.67 bits per heavy atom. The van der Waals surface area contributed by atoms with Crippen LogP contribution in [-0.2, 0) is 4.79 Å². The van der Waals surface area contributed by atoms with E-state index in [1.54, 1.807) is 26.0 Å². The van der Waals surface area contributed by atoms with Gasteiger partial charge in [0.15, 0.2) is 0 Å². The molecule has 0 radical (unpaired) electrons. The Morgan fingerprint density at radius 2 is 2.17 bits per heavy atom. The van der Waals surface area contributed by atoms with Crippen LogP contribution in [0.5, 0.6) is 0 Å². The van der Waals surface area contributed by atoms with Crippen LogP contribution < -0.4 is 11.1 Å². The van der Waals surface area contributed by atoms with Crippen molar-refractivity contribution in [3.8, 4) is 0 Å². The van der Waals surface area contributed by atoms with Gasteiger partial charge in [-0.15, -0.1) is 0 Å². The minimum absolute atomic E-state index is 0.0431. The Hall–Kier alpha value is -1.63. The van der Waals surface area contributed by atoms with Crippen molar-refractivity contribution in [1.82, 2.24) is 0 Å². The lowest BCUT2D eigenvalue weighted by molar-refractivity contribution is -0.384. The summed E-state index contributed by atoms with van der Waals surface area (Å²) in [4.78, 5) is 21.5. The third-order valence-corrected chi connectivity index (χ3v) is 3.04. The molecular weight excluding hydrogens is 302 g/mol. The first kappa shape index (κ1) is 14.4. The second-order valence-electron chi connectivity index (χ2n) is 4.52. The molecule has 6 nitrogen and oxygen atoms in total. The number of amides is 1. The van der Waals surface area contributed by atoms with Crippen LogP contribution >= 0.6 is 15.9 Å². The molecule has 18 heavy (non-hydrogen) atoms. The summed E-state index contributed by atoms with van der Waals surface area (Å²) >= 11 is 3.24. The highest BCUT2D eigenvalue weighted by Crippen LogP contribution is 2.29. The van der Waals surface area contributed by atoms with Gasteiger partial charge >= 0.3 is 0 Å². The Morgan fingerprint density at radius 1 is 1.56 bits per heavy atom. The molecule has 0 spiro atoms. The summed E-state index contributed by atoms with van der Waals surface area (Å²) in [5.74, 6) is -0.465. The van der Waals surface area contributed by atoms with Crippen molar-refractivity contribution in [2.75, 3.05) is 11.9 Å². The minimum Gasteiger partial charge on any atom is -0.378 e. The van der Waals surface area contributed by atoms with E-state index in [9.17, 15) is 14.9 Å². The van der Waals surface area contributed by atoms with E-state index in [0.29, 0.717) is 10.2 Å². The average Bonchev–Trinajstić information content (AvgIpc) is 2.26. The standard InChI is InChI=1S/C11H14BrN3O3/c1-11(2,10(13)16)6-14-8-5-7(12)3-4-9(8)15(17)18/h3-5,14H,6H2,1-2H3,(H2,13,16). The number of hydrogen-bond donors (Lipinski definition) is 2. The first-order chi connectivity index (χ1) is 8.24. The summed E-state index contributed by atoms with van der Waals surface area (Å²) in [7, 11) is 0. The zero-order valence-corrected chi connectivity index (χ0v) is 11.7. The summed E-state index contributed by atoms with van der Waals surface area (Å²) in [6.07, 6.45) is 0. The summed E-state index contributed by atoms with van der Waals surface area (Å²) < 4.78 is 0.715. The number of nitrogens with zero attached hydrogens (tertiary/aromatic N) is 1. The number of primary amides is 1. The van der Waals surface area contributed by atoms with Crippen LogP contribution in [0.3, 0.4) is 0 Å². The number of nitrogens with two attached hydrogens (primary N) is 1. The Balaban J connectivity index is 2.94. The topological polar surface area (TPSA) is 98.3 Å². The van der Waals surface area contributed by atoms with Crippen molar-refractivity contribution < 1.29 is 9.72 Å². The Kier molecular flexibility index (Phi) is 4.28. The van der Waals surface area contributed by atoms with Crippen LogP contribution in [0.15, 0.2) is 22.7 Å². The molecule has 0 unspecified atom stereocenters. The van der Waals surface area contributed by atoms with Gasteiger partial charge in [-0.2, -0.15) is 0 Å². The van der Waals surface area contributed by atoms with Crippen molar-refractivity contribution in [1.29, 1.82) is 0 Å². The van der Waals surface area contributed by atoms with E-state index in [-0.39, 0.29) is 12.2 Å². The third-order valence-electron chi connectivity index (χ3n) is 2.54. The molecule has 0 saturated carbocycles. The number of benzene rings is 1. The minimum atomic E-state index is -0.782. The molecule has 1 amide bonds. The molecule has 0 aliphatic rings. The van der Waals surface area contributed by atoms with E-state index < -0.39 is 16.2 Å². The van der Waals surface area contributed by atoms with E-state index in [1.165, 1.54) is 6.07 Å². The maximum atomic E-state index is 11.2. The highest BCUT2D eigenvalue weighted by molar-refractivity contribution is 9.10. The SMILES string of the molecule is CC(C)(CNc1cc(Br)ccc1[N+](=O)[O-])C(N)=O. The van der Waals surface area contributed by atoms with Crippen molar-refractivity contribution in [3.05, 3.63) is 32.8 Å². The lowest BCUT2D eigenvalue weighted by Gasteiger charge is -2.21. The molecule has 7 heteroatoms. The Bertz CT molecular complexity index is 488. The number of nitro benzene ring substituents is 1. The van der Waals surface area contributed by atoms with Gasteiger partial charge in [0, 0.05) is 17.1 Å². The predicted molar refractivity (Wildman–Crippen MR) is 72.3 cm³/mol. The average molecular weight is 316 g/mol. The summed E-state index contributed by atoms with van der Waals surface area (Å²) in [6, 6.07) is 4.57. The van der Waals surface area contributed by atoms with Gasteiger partial charge in [-0.3, -0.25) is 14.9 Å². The maximum Gasteiger partial charge on any atom is 0.292 e. The number of nitrogens with one attached hydrogen (secondary N) is 1. The smallest absolute Gasteiger partial charge is 0.292 e. The molecule has 98 valence electrons. The lowest BCUT2D eigenvalue weighted by atomic mass is 9.92. The first-order valence-electron chi connectivity index (χ1n) is 5.22. The van der Waals surface area contributed by atoms with Crippen LogP contribution in [-0.4, -0.2) is 17.4 Å². The van der Waals surface area contributed by atoms with Gasteiger partial charge in [-0.25, -0.2) is 0 Å². The van der Waals surface area contributed by atoms with Crippen molar-refractivity contribution in [2.24, 2.45) is 11.1 Å². The van der Waals surface area contributed by atoms with Crippen molar-refractivity contribution in [3.63, 3.8) is 0 Å². The predicted octanol–water partition coefficient (Wildman–Crippen LogP) is 2.28. The van der Waals surface area contributed by atoms with Gasteiger partial charge in [0.2, 0.25) is 5.91 Å². The summed E-state index contributed by atoms with van der Waals surface area (Å²) in [5, 5.41) is 13.7. The second-order valence-corrected chi connectivity index (χ2v) is 5.44. The van der Waals surface area contributed by atoms with Crippen LogP contribution in [0, 0.1) is 15.5 Å². The van der Waals surface area contributed by atoms with E-state index in [0.717, 1.165) is 0 Å². The summed E-state index contributed by atoms with van der Waals surface area (Å²) in [5.41, 5.74) is 4.77. The van der Waals surface area contributed by atoms with Gasteiger partial charge in [0.05, 0.1) is 10.3 Å². The number of hydrogen-bond acceptors (Lipinski definition) is 4. The zero-order chi connectivity index (χ0) is 13.9. The molecule has 1 aromatic carbocycles. The lowest BCUT2D eigenvalue weighted by Crippen LogP contribution is -2.37. The molecule has 0 saturated heterocycles. The fourth-order valence-corrected chi connectivity index (χ4v) is 1.57. The molecule has 0 aliphatic carbocycles. The third kappa shape index (κ3) is 3.43. The van der Waals surface area contributed by atoms with Gasteiger partial charge in [-0.05, 0) is 26.0 Å². The number of carbonyl (C=O) groups excluding carboxylic acids is 1. The van der Waals surface area contributed by atoms with E-state index in [1.807, 2.05) is 0 Å². The number of carbonyl (C=O) groups is 1. The highest BCUT2D eigenvalue weighted by atomic mass is 79.9. The number of nitro groups is 1. The number of halogens is 1. The molecule has 0 atom stereocenters. The molecule has 0 aliphatic heterocycles. The largest absolute Gasteiger partial charge is 0.378 e. The molecule has 0 fully saturated rings. The fourth-order valence-electron chi connectivity index (χ4n) is 1.21.